The predicted molar refractivity (Wildman–Crippen MR) is 72.0 cm³/mol. The zero-order valence-electron chi connectivity index (χ0n) is 11.3. The Balaban J connectivity index is 1.76. The van der Waals surface area contributed by atoms with E-state index in [2.05, 4.69) is 15.1 Å². The lowest BCUT2D eigenvalue weighted by Gasteiger charge is -2.29. The summed E-state index contributed by atoms with van der Waals surface area (Å²) in [6.07, 6.45) is 0. The first-order valence-corrected chi connectivity index (χ1v) is 6.71. The maximum absolute atomic E-state index is 13.1. The lowest BCUT2D eigenvalue weighted by molar-refractivity contribution is 0.202. The lowest BCUT2D eigenvalue weighted by Crippen LogP contribution is -2.45. The van der Waals surface area contributed by atoms with Crippen molar-refractivity contribution in [2.45, 2.75) is 6.54 Å². The Hall–Kier alpha value is -1.04. The maximum atomic E-state index is 13.1. The van der Waals surface area contributed by atoms with Gasteiger partial charge < -0.3 is 10.2 Å². The zero-order chi connectivity index (χ0) is 13.7. The van der Waals surface area contributed by atoms with E-state index in [1.165, 1.54) is 12.1 Å². The highest BCUT2D eigenvalue weighted by atomic mass is 19.2. The molecule has 0 aliphatic carbocycles. The Morgan fingerprint density at radius 3 is 2.63 bits per heavy atom. The predicted octanol–water partition coefficient (Wildman–Crippen LogP) is 1.30. The Kier molecular flexibility index (Phi) is 5.24. The van der Waals surface area contributed by atoms with Crippen LogP contribution in [0.15, 0.2) is 18.2 Å². The van der Waals surface area contributed by atoms with E-state index in [0.29, 0.717) is 6.54 Å². The molecule has 106 valence electrons. The number of likely N-dealkylation sites (N-methyl/N-ethyl adjacent to an activating group) is 1. The van der Waals surface area contributed by atoms with E-state index < -0.39 is 11.6 Å². The third-order valence-electron chi connectivity index (χ3n) is 3.44. The number of hydrogen-bond acceptors (Lipinski definition) is 3. The summed E-state index contributed by atoms with van der Waals surface area (Å²) in [6, 6.07) is 4.10. The first kappa shape index (κ1) is 14.4. The Labute approximate surface area is 113 Å². The smallest absolute Gasteiger partial charge is 0.159 e. The molecule has 0 atom stereocenters. The minimum atomic E-state index is -0.785. The van der Waals surface area contributed by atoms with Gasteiger partial charge in [0.05, 0.1) is 0 Å². The summed E-state index contributed by atoms with van der Waals surface area (Å²) >= 11 is 0. The van der Waals surface area contributed by atoms with Crippen molar-refractivity contribution < 1.29 is 8.78 Å². The monoisotopic (exact) mass is 269 g/mol. The molecule has 0 amide bonds. The van der Waals surface area contributed by atoms with Gasteiger partial charge in [-0.05, 0) is 24.7 Å². The summed E-state index contributed by atoms with van der Waals surface area (Å²) in [5.41, 5.74) is 0.807. The second-order valence-electron chi connectivity index (χ2n) is 5.08. The summed E-state index contributed by atoms with van der Waals surface area (Å²) in [4.78, 5) is 4.55. The number of rotatable bonds is 5. The van der Waals surface area contributed by atoms with E-state index in [9.17, 15) is 8.78 Å². The first-order valence-electron chi connectivity index (χ1n) is 6.71. The molecule has 1 N–H and O–H groups in total. The van der Waals surface area contributed by atoms with E-state index in [-0.39, 0.29) is 0 Å². The molecule has 0 spiro atoms. The Bertz CT molecular complexity index is 406. The zero-order valence-corrected chi connectivity index (χ0v) is 11.3. The summed E-state index contributed by atoms with van der Waals surface area (Å²) in [6.45, 7) is 6.85. The topological polar surface area (TPSA) is 18.5 Å². The number of benzene rings is 1. The van der Waals surface area contributed by atoms with Gasteiger partial charge in [-0.15, -0.1) is 0 Å². The lowest BCUT2D eigenvalue weighted by atomic mass is 10.2. The minimum absolute atomic E-state index is 0.642. The van der Waals surface area contributed by atoms with Gasteiger partial charge in [0, 0.05) is 45.8 Å². The van der Waals surface area contributed by atoms with E-state index in [1.807, 2.05) is 7.05 Å². The summed E-state index contributed by atoms with van der Waals surface area (Å²) in [5, 5.41) is 3.32. The fourth-order valence-corrected chi connectivity index (χ4v) is 2.28. The van der Waals surface area contributed by atoms with Crippen molar-refractivity contribution in [1.82, 2.24) is 15.1 Å². The van der Waals surface area contributed by atoms with Gasteiger partial charge in [-0.25, -0.2) is 8.78 Å². The summed E-state index contributed by atoms with van der Waals surface area (Å²) in [7, 11) is 2.00. The van der Waals surface area contributed by atoms with Crippen LogP contribution in [0.4, 0.5) is 8.78 Å². The molecule has 1 aliphatic heterocycles. The molecule has 3 nitrogen and oxygen atoms in total. The molecule has 1 aromatic rings. The Morgan fingerprint density at radius 1 is 1.21 bits per heavy atom. The minimum Gasteiger partial charge on any atom is -0.314 e. The van der Waals surface area contributed by atoms with Crippen LogP contribution in [-0.4, -0.2) is 56.1 Å². The first-order chi connectivity index (χ1) is 9.15. The SMILES string of the molecule is CN(CCN1CCNCC1)Cc1ccc(F)c(F)c1. The normalized spacial score (nSPS) is 17.1. The summed E-state index contributed by atoms with van der Waals surface area (Å²) in [5.74, 6) is -1.56. The van der Waals surface area contributed by atoms with Gasteiger partial charge in [0.1, 0.15) is 0 Å². The molecule has 1 saturated heterocycles. The van der Waals surface area contributed by atoms with Crippen LogP contribution in [0.1, 0.15) is 5.56 Å². The number of hydrogen-bond donors (Lipinski definition) is 1. The molecule has 5 heteroatoms. The molecular formula is C14H21F2N3. The van der Waals surface area contributed by atoms with Crippen LogP contribution in [0.3, 0.4) is 0 Å². The van der Waals surface area contributed by atoms with Crippen molar-refractivity contribution in [3.05, 3.63) is 35.4 Å². The Morgan fingerprint density at radius 2 is 1.95 bits per heavy atom. The van der Waals surface area contributed by atoms with Crippen LogP contribution in [0.2, 0.25) is 0 Å². The average Bonchev–Trinajstić information content (AvgIpc) is 2.42. The van der Waals surface area contributed by atoms with Gasteiger partial charge in [0.25, 0.3) is 0 Å². The molecule has 0 unspecified atom stereocenters. The second kappa shape index (κ2) is 6.93. The fourth-order valence-electron chi connectivity index (χ4n) is 2.28. The highest BCUT2D eigenvalue weighted by Gasteiger charge is 2.10. The molecule has 1 aliphatic rings. The highest BCUT2D eigenvalue weighted by molar-refractivity contribution is 5.17. The molecule has 0 saturated carbocycles. The number of piperazine rings is 1. The van der Waals surface area contributed by atoms with Crippen LogP contribution in [-0.2, 0) is 6.54 Å². The molecule has 1 heterocycles. The molecule has 0 bridgehead atoms. The molecule has 1 aromatic carbocycles. The van der Waals surface area contributed by atoms with Crippen LogP contribution in [0, 0.1) is 11.6 Å². The number of nitrogens with zero attached hydrogens (tertiary/aromatic N) is 2. The van der Waals surface area contributed by atoms with Crippen molar-refractivity contribution in [3.63, 3.8) is 0 Å². The maximum Gasteiger partial charge on any atom is 0.159 e. The molecule has 0 radical (unpaired) electrons. The highest BCUT2D eigenvalue weighted by Crippen LogP contribution is 2.10. The molecule has 2 rings (SSSR count). The van der Waals surface area contributed by atoms with Crippen molar-refractivity contribution in [1.29, 1.82) is 0 Å². The fraction of sp³-hybridized carbons (Fsp3) is 0.571. The van der Waals surface area contributed by atoms with Crippen molar-refractivity contribution in [3.8, 4) is 0 Å². The molecule has 0 aromatic heterocycles. The van der Waals surface area contributed by atoms with Gasteiger partial charge in [-0.3, -0.25) is 4.90 Å². The molecular weight excluding hydrogens is 248 g/mol. The molecule has 19 heavy (non-hydrogen) atoms. The van der Waals surface area contributed by atoms with E-state index in [0.717, 1.165) is 44.8 Å². The van der Waals surface area contributed by atoms with E-state index in [4.69, 9.17) is 0 Å². The van der Waals surface area contributed by atoms with Crippen LogP contribution >= 0.6 is 0 Å². The quantitative estimate of drug-likeness (QED) is 0.869. The number of nitrogens with one attached hydrogen (secondary N) is 1. The van der Waals surface area contributed by atoms with Crippen molar-refractivity contribution >= 4 is 0 Å². The third kappa shape index (κ3) is 4.53. The van der Waals surface area contributed by atoms with Crippen LogP contribution in [0.25, 0.3) is 0 Å². The van der Waals surface area contributed by atoms with Gasteiger partial charge >= 0.3 is 0 Å². The third-order valence-corrected chi connectivity index (χ3v) is 3.44. The van der Waals surface area contributed by atoms with E-state index >= 15 is 0 Å². The van der Waals surface area contributed by atoms with Crippen molar-refractivity contribution in [2.75, 3.05) is 46.3 Å². The molecule has 1 fully saturated rings. The standard InChI is InChI=1S/C14H21F2N3/c1-18(8-9-19-6-4-17-5-7-19)11-12-2-3-13(15)14(16)10-12/h2-3,10,17H,4-9,11H2,1H3. The summed E-state index contributed by atoms with van der Waals surface area (Å²) < 4.78 is 25.9. The van der Waals surface area contributed by atoms with Crippen LogP contribution < -0.4 is 5.32 Å². The van der Waals surface area contributed by atoms with Gasteiger partial charge in [0.2, 0.25) is 0 Å². The van der Waals surface area contributed by atoms with E-state index in [1.54, 1.807) is 6.07 Å². The van der Waals surface area contributed by atoms with Gasteiger partial charge in [-0.1, -0.05) is 6.07 Å². The second-order valence-corrected chi connectivity index (χ2v) is 5.08. The number of halogens is 2. The average molecular weight is 269 g/mol. The van der Waals surface area contributed by atoms with Crippen molar-refractivity contribution in [2.24, 2.45) is 0 Å². The van der Waals surface area contributed by atoms with Gasteiger partial charge in [0.15, 0.2) is 11.6 Å². The van der Waals surface area contributed by atoms with Gasteiger partial charge in [-0.2, -0.15) is 0 Å². The largest absolute Gasteiger partial charge is 0.314 e. The van der Waals surface area contributed by atoms with Crippen LogP contribution in [0.5, 0.6) is 0 Å².